The molecule has 1 saturated carbocycles. The maximum absolute atomic E-state index is 11.6. The number of ether oxygens (including phenoxy) is 1. The van der Waals surface area contributed by atoms with Crippen LogP contribution in [0.1, 0.15) is 47.0 Å². The molecule has 0 heterocycles. The summed E-state index contributed by atoms with van der Waals surface area (Å²) < 4.78 is 5.09. The first-order valence-corrected chi connectivity index (χ1v) is 6.22. The molecule has 88 valence electrons. The maximum atomic E-state index is 11.6. The van der Waals surface area contributed by atoms with Crippen LogP contribution in [0.25, 0.3) is 0 Å². The molecule has 0 aromatic heterocycles. The van der Waals surface area contributed by atoms with Crippen LogP contribution in [0.4, 0.5) is 0 Å². The second-order valence-electron chi connectivity index (χ2n) is 5.10. The normalized spacial score (nSPS) is 33.5. The van der Waals surface area contributed by atoms with Gasteiger partial charge in [-0.25, -0.2) is 0 Å². The molecular formula is C13H24O2. The summed E-state index contributed by atoms with van der Waals surface area (Å²) in [5, 5.41) is 0. The minimum atomic E-state index is -0.0103. The molecule has 0 amide bonds. The molecule has 0 aliphatic heterocycles. The lowest BCUT2D eigenvalue weighted by molar-refractivity contribution is -0.150. The molecule has 0 radical (unpaired) electrons. The molecule has 0 N–H and O–H groups in total. The van der Waals surface area contributed by atoms with E-state index in [1.807, 2.05) is 13.8 Å². The van der Waals surface area contributed by atoms with E-state index >= 15 is 0 Å². The van der Waals surface area contributed by atoms with Crippen LogP contribution in [0.15, 0.2) is 0 Å². The van der Waals surface area contributed by atoms with Crippen molar-refractivity contribution < 1.29 is 9.53 Å². The molecule has 1 aliphatic carbocycles. The molecule has 0 saturated heterocycles. The molecule has 0 aromatic carbocycles. The van der Waals surface area contributed by atoms with Crippen molar-refractivity contribution >= 4 is 5.97 Å². The van der Waals surface area contributed by atoms with Gasteiger partial charge in [0.15, 0.2) is 0 Å². The third-order valence-corrected chi connectivity index (χ3v) is 3.80. The minimum Gasteiger partial charge on any atom is -0.466 e. The number of esters is 1. The molecule has 15 heavy (non-hydrogen) atoms. The Bertz CT molecular complexity index is 213. The van der Waals surface area contributed by atoms with Crippen molar-refractivity contribution in [3.05, 3.63) is 0 Å². The quantitative estimate of drug-likeness (QED) is 0.671. The Kier molecular flexibility index (Phi) is 4.62. The summed E-state index contributed by atoms with van der Waals surface area (Å²) in [6.07, 6.45) is 3.70. The van der Waals surface area contributed by atoms with E-state index in [1.54, 1.807) is 0 Å². The smallest absolute Gasteiger partial charge is 0.308 e. The van der Waals surface area contributed by atoms with Crippen LogP contribution in [-0.2, 0) is 9.53 Å². The lowest BCUT2D eigenvalue weighted by atomic mass is 9.70. The highest BCUT2D eigenvalue weighted by Gasteiger charge is 2.33. The van der Waals surface area contributed by atoms with Crippen molar-refractivity contribution in [3.8, 4) is 0 Å². The molecule has 1 aliphatic rings. The Morgan fingerprint density at radius 2 is 2.07 bits per heavy atom. The summed E-state index contributed by atoms with van der Waals surface area (Å²) in [6, 6.07) is 0. The molecule has 0 aromatic rings. The molecule has 2 nitrogen and oxygen atoms in total. The van der Waals surface area contributed by atoms with Crippen LogP contribution in [0, 0.1) is 23.7 Å². The standard InChI is InChI=1S/C13H24O2/c1-5-15-13(14)11(4)12-7-6-9(2)8-10(12)3/h9-12H,5-8H2,1-4H3. The molecule has 0 spiro atoms. The van der Waals surface area contributed by atoms with Gasteiger partial charge in [-0.1, -0.05) is 27.2 Å². The van der Waals surface area contributed by atoms with Gasteiger partial charge in [-0.15, -0.1) is 0 Å². The highest BCUT2D eigenvalue weighted by atomic mass is 16.5. The summed E-state index contributed by atoms with van der Waals surface area (Å²) in [6.45, 7) is 8.98. The first kappa shape index (κ1) is 12.5. The average molecular weight is 212 g/mol. The zero-order chi connectivity index (χ0) is 11.4. The number of carbonyl (C=O) groups is 1. The maximum Gasteiger partial charge on any atom is 0.308 e. The van der Waals surface area contributed by atoms with E-state index in [0.29, 0.717) is 18.4 Å². The zero-order valence-electron chi connectivity index (χ0n) is 10.5. The van der Waals surface area contributed by atoms with Crippen LogP contribution >= 0.6 is 0 Å². The Labute approximate surface area is 93.4 Å². The number of carbonyl (C=O) groups excluding carboxylic acids is 1. The molecule has 4 unspecified atom stereocenters. The topological polar surface area (TPSA) is 26.3 Å². The van der Waals surface area contributed by atoms with E-state index in [1.165, 1.54) is 19.3 Å². The van der Waals surface area contributed by atoms with Gasteiger partial charge in [-0.2, -0.15) is 0 Å². The van der Waals surface area contributed by atoms with E-state index in [4.69, 9.17) is 4.74 Å². The summed E-state index contributed by atoms with van der Waals surface area (Å²) >= 11 is 0. The van der Waals surface area contributed by atoms with Gasteiger partial charge < -0.3 is 4.74 Å². The lowest BCUT2D eigenvalue weighted by Crippen LogP contribution is -2.32. The van der Waals surface area contributed by atoms with Gasteiger partial charge in [-0.05, 0) is 37.5 Å². The summed E-state index contributed by atoms with van der Waals surface area (Å²) in [4.78, 5) is 11.6. The summed E-state index contributed by atoms with van der Waals surface area (Å²) in [5.41, 5.74) is 0. The van der Waals surface area contributed by atoms with Crippen LogP contribution < -0.4 is 0 Å². The van der Waals surface area contributed by atoms with Crippen molar-refractivity contribution in [2.45, 2.75) is 47.0 Å². The Balaban J connectivity index is 2.51. The lowest BCUT2D eigenvalue weighted by Gasteiger charge is -2.35. The van der Waals surface area contributed by atoms with E-state index in [0.717, 1.165) is 5.92 Å². The van der Waals surface area contributed by atoms with E-state index in [9.17, 15) is 4.79 Å². The van der Waals surface area contributed by atoms with Gasteiger partial charge in [0.25, 0.3) is 0 Å². The average Bonchev–Trinajstić information content (AvgIpc) is 2.17. The molecular weight excluding hydrogens is 188 g/mol. The van der Waals surface area contributed by atoms with Gasteiger partial charge in [0.2, 0.25) is 0 Å². The molecule has 2 heteroatoms. The van der Waals surface area contributed by atoms with Gasteiger partial charge in [0, 0.05) is 0 Å². The fraction of sp³-hybridized carbons (Fsp3) is 0.923. The highest BCUT2D eigenvalue weighted by molar-refractivity contribution is 5.72. The van der Waals surface area contributed by atoms with Crippen molar-refractivity contribution in [3.63, 3.8) is 0 Å². The van der Waals surface area contributed by atoms with Crippen molar-refractivity contribution in [1.29, 1.82) is 0 Å². The predicted molar refractivity (Wildman–Crippen MR) is 61.5 cm³/mol. The van der Waals surface area contributed by atoms with E-state index < -0.39 is 0 Å². The second-order valence-corrected chi connectivity index (χ2v) is 5.10. The molecule has 1 rings (SSSR count). The Morgan fingerprint density at radius 1 is 1.40 bits per heavy atom. The first-order valence-electron chi connectivity index (χ1n) is 6.22. The van der Waals surface area contributed by atoms with Crippen molar-refractivity contribution in [2.75, 3.05) is 6.61 Å². The van der Waals surface area contributed by atoms with Crippen molar-refractivity contribution in [2.24, 2.45) is 23.7 Å². The predicted octanol–water partition coefficient (Wildman–Crippen LogP) is 3.26. The zero-order valence-corrected chi connectivity index (χ0v) is 10.5. The highest BCUT2D eigenvalue weighted by Crippen LogP contribution is 2.38. The van der Waals surface area contributed by atoms with Crippen LogP contribution in [0.3, 0.4) is 0 Å². The SMILES string of the molecule is CCOC(=O)C(C)C1CCC(C)CC1C. The summed E-state index contributed by atoms with van der Waals surface area (Å²) in [5.74, 6) is 2.08. The van der Waals surface area contributed by atoms with Crippen LogP contribution in [-0.4, -0.2) is 12.6 Å². The fourth-order valence-electron chi connectivity index (χ4n) is 2.88. The molecule has 1 fully saturated rings. The first-order chi connectivity index (χ1) is 7.06. The largest absolute Gasteiger partial charge is 0.466 e. The van der Waals surface area contributed by atoms with Gasteiger partial charge >= 0.3 is 5.97 Å². The van der Waals surface area contributed by atoms with Crippen molar-refractivity contribution in [1.82, 2.24) is 0 Å². The Hall–Kier alpha value is -0.530. The number of hydrogen-bond donors (Lipinski definition) is 0. The van der Waals surface area contributed by atoms with E-state index in [2.05, 4.69) is 13.8 Å². The Morgan fingerprint density at radius 3 is 2.60 bits per heavy atom. The fourth-order valence-corrected chi connectivity index (χ4v) is 2.88. The van der Waals surface area contributed by atoms with Gasteiger partial charge in [0.05, 0.1) is 12.5 Å². The monoisotopic (exact) mass is 212 g/mol. The number of rotatable bonds is 3. The van der Waals surface area contributed by atoms with Gasteiger partial charge in [-0.3, -0.25) is 4.79 Å². The van der Waals surface area contributed by atoms with Gasteiger partial charge in [0.1, 0.15) is 0 Å². The third-order valence-electron chi connectivity index (χ3n) is 3.80. The van der Waals surface area contributed by atoms with E-state index in [-0.39, 0.29) is 11.9 Å². The second kappa shape index (κ2) is 5.53. The summed E-state index contributed by atoms with van der Waals surface area (Å²) in [7, 11) is 0. The minimum absolute atomic E-state index is 0.0103. The molecule has 0 bridgehead atoms. The third kappa shape index (κ3) is 3.22. The van der Waals surface area contributed by atoms with Crippen LogP contribution in [0.2, 0.25) is 0 Å². The molecule has 4 atom stereocenters. The number of hydrogen-bond acceptors (Lipinski definition) is 2. The van der Waals surface area contributed by atoms with Crippen LogP contribution in [0.5, 0.6) is 0 Å².